The van der Waals surface area contributed by atoms with E-state index in [2.05, 4.69) is 20.8 Å². The minimum absolute atomic E-state index is 0.0498. The first-order valence-electron chi connectivity index (χ1n) is 9.40. The third kappa shape index (κ3) is 4.97. The Hall–Kier alpha value is -3.67. The Morgan fingerprint density at radius 3 is 2.38 bits per heavy atom. The summed E-state index contributed by atoms with van der Waals surface area (Å²) in [7, 11) is 1.45. The average molecular weight is 451 g/mol. The number of nitrogens with one attached hydrogen (secondary N) is 3. The lowest BCUT2D eigenvalue weighted by Crippen LogP contribution is -2.36. The van der Waals surface area contributed by atoms with Crippen molar-refractivity contribution in [3.63, 3.8) is 0 Å². The van der Waals surface area contributed by atoms with Crippen molar-refractivity contribution in [3.8, 4) is 0 Å². The van der Waals surface area contributed by atoms with Crippen molar-refractivity contribution in [1.82, 2.24) is 15.1 Å². The van der Waals surface area contributed by atoms with E-state index < -0.39 is 29.1 Å². The number of anilines is 2. The molecule has 0 aliphatic carbocycles. The topological polar surface area (TPSA) is 120 Å². The first kappa shape index (κ1) is 23.0. The van der Waals surface area contributed by atoms with Gasteiger partial charge in [0, 0.05) is 0 Å². The molecular formula is C20H20F3N5O4. The van der Waals surface area contributed by atoms with Crippen molar-refractivity contribution in [2.75, 3.05) is 30.8 Å². The number of halogens is 3. The molecule has 0 unspecified atom stereocenters. The van der Waals surface area contributed by atoms with Crippen molar-refractivity contribution in [2.24, 2.45) is 0 Å². The molecule has 0 aliphatic rings. The number of hydrogen-bond donors (Lipinski definition) is 3. The second-order valence-electron chi connectivity index (χ2n) is 7.19. The second-order valence-corrected chi connectivity index (χ2v) is 7.19. The predicted octanol–water partition coefficient (Wildman–Crippen LogP) is 2.66. The number of para-hydroxylation sites is 1. The van der Waals surface area contributed by atoms with Crippen LogP contribution in [0.1, 0.15) is 17.0 Å². The zero-order chi connectivity index (χ0) is 23.6. The van der Waals surface area contributed by atoms with Crippen LogP contribution in [0.2, 0.25) is 0 Å². The molecule has 0 bridgehead atoms. The number of alkyl halides is 3. The number of likely N-dealkylation sites (N-methyl/N-ethyl adjacent to an activating group) is 1. The fourth-order valence-corrected chi connectivity index (χ4v) is 3.27. The molecule has 3 aromatic rings. The maximum atomic E-state index is 13.1. The van der Waals surface area contributed by atoms with E-state index in [9.17, 15) is 27.6 Å². The molecule has 0 fully saturated rings. The Labute approximate surface area is 179 Å². The van der Waals surface area contributed by atoms with Gasteiger partial charge < -0.3 is 9.73 Å². The summed E-state index contributed by atoms with van der Waals surface area (Å²) in [6.45, 7) is 2.68. The van der Waals surface area contributed by atoms with Gasteiger partial charge in [-0.15, -0.1) is 0 Å². The Kier molecular flexibility index (Phi) is 6.35. The van der Waals surface area contributed by atoms with Gasteiger partial charge in [-0.05, 0) is 33.0 Å². The summed E-state index contributed by atoms with van der Waals surface area (Å²) in [6, 6.07) is 4.60. The molecule has 1 aromatic carbocycles. The number of furan rings is 1. The molecule has 0 spiro atoms. The lowest BCUT2D eigenvalue weighted by molar-refractivity contribution is -0.137. The van der Waals surface area contributed by atoms with E-state index in [0.717, 1.165) is 12.1 Å². The Morgan fingerprint density at radius 2 is 1.72 bits per heavy atom. The van der Waals surface area contributed by atoms with Crippen LogP contribution in [-0.2, 0) is 15.8 Å². The van der Waals surface area contributed by atoms with Crippen molar-refractivity contribution >= 4 is 34.2 Å². The number of fused-ring (bicyclic) bond motifs is 1. The summed E-state index contributed by atoms with van der Waals surface area (Å²) < 4.78 is 44.7. The molecule has 0 atom stereocenters. The van der Waals surface area contributed by atoms with Gasteiger partial charge in [0.1, 0.15) is 11.1 Å². The van der Waals surface area contributed by atoms with Crippen LogP contribution in [0.15, 0.2) is 33.5 Å². The zero-order valence-corrected chi connectivity index (χ0v) is 17.4. The summed E-state index contributed by atoms with van der Waals surface area (Å²) in [6.07, 6.45) is -4.62. The molecule has 2 heterocycles. The van der Waals surface area contributed by atoms with Gasteiger partial charge in [0.2, 0.25) is 17.7 Å². The number of hydrogen-bond acceptors (Lipinski definition) is 6. The lowest BCUT2D eigenvalue weighted by Gasteiger charge is -2.17. The van der Waals surface area contributed by atoms with Gasteiger partial charge in [-0.25, -0.2) is 5.10 Å². The first-order chi connectivity index (χ1) is 15.0. The van der Waals surface area contributed by atoms with Crippen molar-refractivity contribution < 1.29 is 27.2 Å². The maximum absolute atomic E-state index is 13.1. The minimum Gasteiger partial charge on any atom is -0.444 e. The lowest BCUT2D eigenvalue weighted by atomic mass is 10.1. The number of amides is 2. The molecule has 0 radical (unpaired) electrons. The number of carbonyl (C=O) groups is 2. The standard InChI is InChI=1S/C20H20F3N5O4/c1-10-16-11(2)32-19(17(16)18(31)27-26-10)25-15(30)9-28(3)8-14(29)24-13-7-5-4-6-12(13)20(21,22)23/h4-7H,8-9H2,1-3H3,(H,24,29)(H,25,30)(H,27,31). The van der Waals surface area contributed by atoms with E-state index in [1.165, 1.54) is 24.1 Å². The van der Waals surface area contributed by atoms with Crippen molar-refractivity contribution in [1.29, 1.82) is 0 Å². The third-order valence-electron chi connectivity index (χ3n) is 4.58. The molecular weight excluding hydrogens is 431 g/mol. The number of rotatable bonds is 6. The summed E-state index contributed by atoms with van der Waals surface area (Å²) in [5.41, 5.74) is -1.35. The van der Waals surface area contributed by atoms with Crippen LogP contribution in [-0.4, -0.2) is 47.0 Å². The fourth-order valence-electron chi connectivity index (χ4n) is 3.27. The highest BCUT2D eigenvalue weighted by Crippen LogP contribution is 2.34. The Morgan fingerprint density at radius 1 is 1.09 bits per heavy atom. The number of aromatic nitrogens is 2. The van der Waals surface area contributed by atoms with Gasteiger partial charge in [0.25, 0.3) is 5.56 Å². The van der Waals surface area contributed by atoms with Gasteiger partial charge in [-0.2, -0.15) is 18.3 Å². The SMILES string of the molecule is Cc1n[nH]c(=O)c2c(NC(=O)CN(C)CC(=O)Nc3ccccc3C(F)(F)F)oc(C)c12. The number of aryl methyl sites for hydroxylation is 2. The number of nitrogens with zero attached hydrogens (tertiary/aromatic N) is 2. The van der Waals surface area contributed by atoms with Crippen LogP contribution in [0.4, 0.5) is 24.7 Å². The van der Waals surface area contributed by atoms with Gasteiger partial charge in [-0.3, -0.25) is 24.6 Å². The Balaban J connectivity index is 1.64. The van der Waals surface area contributed by atoms with Gasteiger partial charge in [0.05, 0.1) is 35.4 Å². The van der Waals surface area contributed by atoms with E-state index >= 15 is 0 Å². The van der Waals surface area contributed by atoms with Crippen LogP contribution >= 0.6 is 0 Å². The summed E-state index contributed by atoms with van der Waals surface area (Å²) >= 11 is 0. The molecule has 3 N–H and O–H groups in total. The number of benzene rings is 1. The van der Waals surface area contributed by atoms with Crippen LogP contribution in [0.3, 0.4) is 0 Å². The molecule has 3 rings (SSSR count). The van der Waals surface area contributed by atoms with Gasteiger partial charge in [0.15, 0.2) is 0 Å². The minimum atomic E-state index is -4.62. The van der Waals surface area contributed by atoms with Crippen LogP contribution in [0.5, 0.6) is 0 Å². The van der Waals surface area contributed by atoms with E-state index in [-0.39, 0.29) is 30.0 Å². The smallest absolute Gasteiger partial charge is 0.418 e. The number of aromatic amines is 1. The van der Waals surface area contributed by atoms with E-state index in [1.807, 2.05) is 0 Å². The van der Waals surface area contributed by atoms with Crippen LogP contribution in [0, 0.1) is 13.8 Å². The van der Waals surface area contributed by atoms with E-state index in [1.54, 1.807) is 13.8 Å². The van der Waals surface area contributed by atoms with Gasteiger partial charge in [-0.1, -0.05) is 12.1 Å². The highest BCUT2D eigenvalue weighted by atomic mass is 19.4. The largest absolute Gasteiger partial charge is 0.444 e. The van der Waals surface area contributed by atoms with Crippen molar-refractivity contribution in [2.45, 2.75) is 20.0 Å². The monoisotopic (exact) mass is 451 g/mol. The third-order valence-corrected chi connectivity index (χ3v) is 4.58. The van der Waals surface area contributed by atoms with Crippen LogP contribution < -0.4 is 16.2 Å². The molecule has 0 aliphatic heterocycles. The first-order valence-corrected chi connectivity index (χ1v) is 9.40. The number of H-pyrrole nitrogens is 1. The highest BCUT2D eigenvalue weighted by Gasteiger charge is 2.33. The van der Waals surface area contributed by atoms with Crippen molar-refractivity contribution in [3.05, 3.63) is 51.6 Å². The Bertz CT molecular complexity index is 1230. The summed E-state index contributed by atoms with van der Waals surface area (Å²) in [5.74, 6) is -0.955. The number of carbonyl (C=O) groups excluding carboxylic acids is 2. The van der Waals surface area contributed by atoms with E-state index in [4.69, 9.17) is 4.42 Å². The maximum Gasteiger partial charge on any atom is 0.418 e. The van der Waals surface area contributed by atoms with Gasteiger partial charge >= 0.3 is 6.18 Å². The highest BCUT2D eigenvalue weighted by molar-refractivity contribution is 6.02. The predicted molar refractivity (Wildman–Crippen MR) is 110 cm³/mol. The quantitative estimate of drug-likeness (QED) is 0.530. The molecule has 0 saturated carbocycles. The molecule has 2 aromatic heterocycles. The van der Waals surface area contributed by atoms with Crippen LogP contribution in [0.25, 0.3) is 10.8 Å². The molecule has 2 amide bonds. The summed E-state index contributed by atoms with van der Waals surface area (Å²) in [5, 5.41) is 11.5. The zero-order valence-electron chi connectivity index (χ0n) is 17.4. The molecule has 170 valence electrons. The molecule has 9 nitrogen and oxygen atoms in total. The van der Waals surface area contributed by atoms with E-state index in [0.29, 0.717) is 16.8 Å². The summed E-state index contributed by atoms with van der Waals surface area (Å²) in [4.78, 5) is 38.0. The molecule has 12 heteroatoms. The second kappa shape index (κ2) is 8.83. The molecule has 0 saturated heterocycles. The fraction of sp³-hybridized carbons (Fsp3) is 0.300. The molecule has 32 heavy (non-hydrogen) atoms. The average Bonchev–Trinajstić information content (AvgIpc) is 3.01. The normalized spacial score (nSPS) is 11.7.